The molecule has 1 aromatic carbocycles. The van der Waals surface area contributed by atoms with Crippen molar-refractivity contribution in [3.63, 3.8) is 0 Å². The molecule has 2 rings (SSSR count). The van der Waals surface area contributed by atoms with Gasteiger partial charge in [0, 0.05) is 12.3 Å². The summed E-state index contributed by atoms with van der Waals surface area (Å²) in [5, 5.41) is 4.04. The molecular weight excluding hydrogens is 244 g/mol. The average Bonchev–Trinajstić information content (AvgIpc) is 2.41. The van der Waals surface area contributed by atoms with Gasteiger partial charge in [0.25, 0.3) is 0 Å². The van der Waals surface area contributed by atoms with E-state index in [9.17, 15) is 9.59 Å². The number of hydrogen-bond acceptors (Lipinski definition) is 4. The Hall–Kier alpha value is -2.43. The zero-order chi connectivity index (χ0) is 14.0. The second-order valence-electron chi connectivity index (χ2n) is 4.25. The molecule has 98 valence electrons. The number of hydrogen-bond donors (Lipinski definition) is 0. The summed E-state index contributed by atoms with van der Waals surface area (Å²) in [4.78, 5) is 23.0. The van der Waals surface area contributed by atoms with Crippen LogP contribution in [-0.2, 0) is 4.74 Å². The van der Waals surface area contributed by atoms with E-state index in [-0.39, 0.29) is 5.69 Å². The highest BCUT2D eigenvalue weighted by Crippen LogP contribution is 2.14. The number of ether oxygens (including phenoxy) is 1. The van der Waals surface area contributed by atoms with Crippen LogP contribution in [0.2, 0.25) is 0 Å². The first kappa shape index (κ1) is 13.0. The first-order valence-electron chi connectivity index (χ1n) is 5.79. The summed E-state index contributed by atoms with van der Waals surface area (Å²) in [5.74, 6) is -0.732. The lowest BCUT2D eigenvalue weighted by Crippen LogP contribution is -2.21. The Morgan fingerprint density at radius 1 is 1.26 bits per heavy atom. The van der Waals surface area contributed by atoms with E-state index in [0.717, 1.165) is 16.8 Å². The molecule has 0 aliphatic heterocycles. The second kappa shape index (κ2) is 5.06. The van der Waals surface area contributed by atoms with Crippen LogP contribution in [0.4, 0.5) is 0 Å². The minimum atomic E-state index is -0.732. The summed E-state index contributed by atoms with van der Waals surface area (Å²) in [6, 6.07) is 7.19. The molecule has 0 saturated heterocycles. The Morgan fingerprint density at radius 3 is 2.68 bits per heavy atom. The number of carbonyl (C=O) groups excluding carboxylic acids is 1. The van der Waals surface area contributed by atoms with Crippen LogP contribution in [0.5, 0.6) is 0 Å². The monoisotopic (exact) mass is 258 g/mol. The molecule has 2 aromatic rings. The van der Waals surface area contributed by atoms with Crippen molar-refractivity contribution < 1.29 is 9.53 Å². The third kappa shape index (κ3) is 2.54. The van der Waals surface area contributed by atoms with Crippen molar-refractivity contribution in [3.8, 4) is 5.69 Å². The van der Waals surface area contributed by atoms with E-state index < -0.39 is 11.4 Å². The fourth-order valence-corrected chi connectivity index (χ4v) is 1.75. The lowest BCUT2D eigenvalue weighted by atomic mass is 10.1. The van der Waals surface area contributed by atoms with Crippen LogP contribution in [-0.4, -0.2) is 22.9 Å². The van der Waals surface area contributed by atoms with Crippen LogP contribution >= 0.6 is 0 Å². The minimum absolute atomic E-state index is 0.217. The summed E-state index contributed by atoms with van der Waals surface area (Å²) in [5.41, 5.74) is 2.22. The van der Waals surface area contributed by atoms with E-state index in [1.54, 1.807) is 0 Å². The quantitative estimate of drug-likeness (QED) is 0.768. The molecule has 0 fully saturated rings. The van der Waals surface area contributed by atoms with Gasteiger partial charge in [0.15, 0.2) is 0 Å². The lowest BCUT2D eigenvalue weighted by molar-refractivity contribution is 0.0590. The molecule has 0 aliphatic rings. The van der Waals surface area contributed by atoms with Gasteiger partial charge in [-0.05, 0) is 31.0 Å². The van der Waals surface area contributed by atoms with Crippen molar-refractivity contribution in [2.75, 3.05) is 7.11 Å². The molecule has 0 atom stereocenters. The Balaban J connectivity index is 2.61. The Morgan fingerprint density at radius 2 is 2.00 bits per heavy atom. The Labute approximate surface area is 110 Å². The predicted molar refractivity (Wildman–Crippen MR) is 70.6 cm³/mol. The Kier molecular flexibility index (Phi) is 3.46. The summed E-state index contributed by atoms with van der Waals surface area (Å²) >= 11 is 0. The summed E-state index contributed by atoms with van der Waals surface area (Å²) < 4.78 is 6.06. The van der Waals surface area contributed by atoms with E-state index >= 15 is 0 Å². The summed E-state index contributed by atoms with van der Waals surface area (Å²) in [7, 11) is 1.22. The zero-order valence-electron chi connectivity index (χ0n) is 11.0. The number of aryl methyl sites for hydroxylation is 2. The molecule has 0 unspecified atom stereocenters. The van der Waals surface area contributed by atoms with Crippen LogP contribution < -0.4 is 5.43 Å². The smallest absolute Gasteiger partial charge is 0.362 e. The zero-order valence-corrected chi connectivity index (χ0v) is 11.0. The maximum Gasteiger partial charge on any atom is 0.362 e. The molecule has 0 spiro atoms. The fraction of sp³-hybridized carbons (Fsp3) is 0.214. The van der Waals surface area contributed by atoms with Crippen LogP contribution in [0.15, 0.2) is 35.3 Å². The number of nitrogens with zero attached hydrogens (tertiary/aromatic N) is 2. The van der Waals surface area contributed by atoms with Gasteiger partial charge in [-0.2, -0.15) is 5.10 Å². The van der Waals surface area contributed by atoms with Gasteiger partial charge >= 0.3 is 5.97 Å². The van der Waals surface area contributed by atoms with E-state index in [0.29, 0.717) is 0 Å². The van der Waals surface area contributed by atoms with Gasteiger partial charge in [-0.1, -0.05) is 12.1 Å². The number of methoxy groups -OCH3 is 1. The third-order valence-electron chi connectivity index (χ3n) is 2.80. The molecule has 1 heterocycles. The van der Waals surface area contributed by atoms with Gasteiger partial charge in [-0.3, -0.25) is 4.79 Å². The third-order valence-corrected chi connectivity index (χ3v) is 2.80. The molecule has 0 amide bonds. The minimum Gasteiger partial charge on any atom is -0.464 e. The van der Waals surface area contributed by atoms with Crippen LogP contribution in [0, 0.1) is 13.8 Å². The maximum atomic E-state index is 11.6. The molecule has 0 aliphatic carbocycles. The standard InChI is InChI=1S/C14H14N2O3/c1-9-4-5-10(2)11(8-9)16-7-6-12(17)13(15-16)14(18)19-3/h4-8H,1-3H3. The molecular formula is C14H14N2O3. The van der Waals surface area contributed by atoms with Crippen molar-refractivity contribution in [2.24, 2.45) is 0 Å². The van der Waals surface area contributed by atoms with Gasteiger partial charge in [0.1, 0.15) is 0 Å². The highest BCUT2D eigenvalue weighted by molar-refractivity contribution is 5.86. The topological polar surface area (TPSA) is 61.2 Å². The van der Waals surface area contributed by atoms with Gasteiger partial charge < -0.3 is 4.74 Å². The van der Waals surface area contributed by atoms with Crippen LogP contribution in [0.1, 0.15) is 21.6 Å². The normalized spacial score (nSPS) is 10.3. The number of benzene rings is 1. The van der Waals surface area contributed by atoms with Crippen molar-refractivity contribution in [1.29, 1.82) is 0 Å². The van der Waals surface area contributed by atoms with Crippen molar-refractivity contribution in [3.05, 3.63) is 57.5 Å². The van der Waals surface area contributed by atoms with Crippen molar-refractivity contribution in [2.45, 2.75) is 13.8 Å². The van der Waals surface area contributed by atoms with Crippen molar-refractivity contribution in [1.82, 2.24) is 9.78 Å². The van der Waals surface area contributed by atoms with Crippen LogP contribution in [0.25, 0.3) is 5.69 Å². The number of carbonyl (C=O) groups is 1. The SMILES string of the molecule is COC(=O)c1nn(-c2cc(C)ccc2C)ccc1=O. The summed E-state index contributed by atoms with van der Waals surface area (Å²) in [6.07, 6.45) is 1.54. The second-order valence-corrected chi connectivity index (χ2v) is 4.25. The molecule has 0 radical (unpaired) electrons. The summed E-state index contributed by atoms with van der Waals surface area (Å²) in [6.45, 7) is 3.90. The molecule has 1 aromatic heterocycles. The average molecular weight is 258 g/mol. The number of esters is 1. The van der Waals surface area contributed by atoms with Gasteiger partial charge in [-0.15, -0.1) is 0 Å². The first-order valence-corrected chi connectivity index (χ1v) is 5.79. The molecule has 0 N–H and O–H groups in total. The maximum absolute atomic E-state index is 11.6. The molecule has 19 heavy (non-hydrogen) atoms. The largest absolute Gasteiger partial charge is 0.464 e. The van der Waals surface area contributed by atoms with E-state index in [4.69, 9.17) is 0 Å². The van der Waals surface area contributed by atoms with Gasteiger partial charge in [0.05, 0.1) is 12.8 Å². The lowest BCUT2D eigenvalue weighted by Gasteiger charge is -2.10. The molecule has 5 heteroatoms. The number of aromatic nitrogens is 2. The van der Waals surface area contributed by atoms with Gasteiger partial charge in [-0.25, -0.2) is 9.48 Å². The van der Waals surface area contributed by atoms with E-state index in [1.807, 2.05) is 32.0 Å². The fourth-order valence-electron chi connectivity index (χ4n) is 1.75. The van der Waals surface area contributed by atoms with E-state index in [1.165, 1.54) is 24.1 Å². The van der Waals surface area contributed by atoms with E-state index in [2.05, 4.69) is 9.84 Å². The Bertz CT molecular complexity index is 689. The van der Waals surface area contributed by atoms with Crippen molar-refractivity contribution >= 4 is 5.97 Å². The molecule has 0 bridgehead atoms. The highest BCUT2D eigenvalue weighted by Gasteiger charge is 2.13. The number of rotatable bonds is 2. The van der Waals surface area contributed by atoms with Crippen LogP contribution in [0.3, 0.4) is 0 Å². The predicted octanol–water partition coefficient (Wildman–Crippen LogP) is 1.64. The highest BCUT2D eigenvalue weighted by atomic mass is 16.5. The van der Waals surface area contributed by atoms with Gasteiger partial charge in [0.2, 0.25) is 11.1 Å². The first-order chi connectivity index (χ1) is 9.02. The molecule has 5 nitrogen and oxygen atoms in total. The molecule has 0 saturated carbocycles.